The second kappa shape index (κ2) is 7.43. The summed E-state index contributed by atoms with van der Waals surface area (Å²) in [6.07, 6.45) is 0. The average molecular weight is 383 g/mol. The molecular weight excluding hydrogens is 364 g/mol. The van der Waals surface area contributed by atoms with Gasteiger partial charge in [0.15, 0.2) is 0 Å². The lowest BCUT2D eigenvalue weighted by Crippen LogP contribution is -2.22. The Morgan fingerprint density at radius 3 is 2.28 bits per heavy atom. The van der Waals surface area contributed by atoms with Gasteiger partial charge < -0.3 is 10.1 Å². The molecule has 6 nitrogen and oxygen atoms in total. The van der Waals surface area contributed by atoms with Crippen molar-refractivity contribution in [2.24, 2.45) is 0 Å². The minimum atomic E-state index is -3.53. The Hall–Kier alpha value is -2.09. The van der Waals surface area contributed by atoms with Gasteiger partial charge in [-0.15, -0.1) is 0 Å². The van der Waals surface area contributed by atoms with Crippen LogP contribution < -0.4 is 10.1 Å². The van der Waals surface area contributed by atoms with Gasteiger partial charge in [0.2, 0.25) is 10.0 Å². The van der Waals surface area contributed by atoms with E-state index in [-0.39, 0.29) is 10.8 Å². The van der Waals surface area contributed by atoms with E-state index in [4.69, 9.17) is 16.3 Å². The standard InChI is InChI=1S/C17H19ClN2O4S/c1-11-9-15(16(24-4)10-14(11)18)19-17(21)12-5-7-13(8-6-12)25(22,23)20(2)3/h5-10H,1-4H3,(H,19,21). The number of methoxy groups -OCH3 is 1. The van der Waals surface area contributed by atoms with E-state index in [2.05, 4.69) is 5.32 Å². The Morgan fingerprint density at radius 2 is 1.76 bits per heavy atom. The summed E-state index contributed by atoms with van der Waals surface area (Å²) in [7, 11) is 0.850. The lowest BCUT2D eigenvalue weighted by atomic mass is 10.1. The molecular formula is C17H19ClN2O4S. The van der Waals surface area contributed by atoms with Crippen LogP contribution in [0.4, 0.5) is 5.69 Å². The summed E-state index contributed by atoms with van der Waals surface area (Å²) >= 11 is 6.05. The van der Waals surface area contributed by atoms with Crippen molar-refractivity contribution >= 4 is 33.2 Å². The molecule has 0 aliphatic rings. The van der Waals surface area contributed by atoms with Crippen LogP contribution in [0.15, 0.2) is 41.3 Å². The van der Waals surface area contributed by atoms with Crippen LogP contribution >= 0.6 is 11.6 Å². The summed E-state index contributed by atoms with van der Waals surface area (Å²) in [5.74, 6) is 0.0598. The fourth-order valence-corrected chi connectivity index (χ4v) is 3.17. The molecule has 0 fully saturated rings. The van der Waals surface area contributed by atoms with Gasteiger partial charge in [0.25, 0.3) is 5.91 Å². The van der Waals surface area contributed by atoms with Crippen LogP contribution in [-0.2, 0) is 10.0 Å². The van der Waals surface area contributed by atoms with Crippen molar-refractivity contribution in [1.82, 2.24) is 4.31 Å². The van der Waals surface area contributed by atoms with Crippen molar-refractivity contribution in [2.75, 3.05) is 26.5 Å². The quantitative estimate of drug-likeness (QED) is 0.861. The summed E-state index contributed by atoms with van der Waals surface area (Å²) in [4.78, 5) is 12.5. The third kappa shape index (κ3) is 4.12. The summed E-state index contributed by atoms with van der Waals surface area (Å²) in [5, 5.41) is 3.28. The highest BCUT2D eigenvalue weighted by Crippen LogP contribution is 2.31. The second-order valence-electron chi connectivity index (χ2n) is 5.57. The lowest BCUT2D eigenvalue weighted by molar-refractivity contribution is 0.102. The second-order valence-corrected chi connectivity index (χ2v) is 8.13. The van der Waals surface area contributed by atoms with Gasteiger partial charge in [0.1, 0.15) is 5.75 Å². The number of carbonyl (C=O) groups excluding carboxylic acids is 1. The maximum absolute atomic E-state index is 12.4. The number of rotatable bonds is 5. The number of carbonyl (C=O) groups is 1. The van der Waals surface area contributed by atoms with Gasteiger partial charge in [-0.1, -0.05) is 11.6 Å². The normalized spacial score (nSPS) is 11.4. The predicted molar refractivity (Wildman–Crippen MR) is 98.0 cm³/mol. The van der Waals surface area contributed by atoms with Crippen molar-refractivity contribution in [1.29, 1.82) is 0 Å². The van der Waals surface area contributed by atoms with E-state index in [1.54, 1.807) is 12.1 Å². The fourth-order valence-electron chi connectivity index (χ4n) is 2.11. The molecule has 8 heteroatoms. The minimum Gasteiger partial charge on any atom is -0.495 e. The molecule has 2 aromatic carbocycles. The van der Waals surface area contributed by atoms with Crippen molar-refractivity contribution in [3.8, 4) is 5.75 Å². The minimum absolute atomic E-state index is 0.119. The molecule has 0 aromatic heterocycles. The number of nitrogens with one attached hydrogen (secondary N) is 1. The summed E-state index contributed by atoms with van der Waals surface area (Å²) < 4.78 is 30.4. The Bertz CT molecular complexity index is 894. The summed E-state index contributed by atoms with van der Waals surface area (Å²) in [6, 6.07) is 9.05. The van der Waals surface area contributed by atoms with E-state index in [0.717, 1.165) is 9.87 Å². The number of benzene rings is 2. The molecule has 0 aliphatic carbocycles. The Kier molecular flexibility index (Phi) is 5.72. The van der Waals surface area contributed by atoms with Crippen LogP contribution in [-0.4, -0.2) is 39.8 Å². The van der Waals surface area contributed by atoms with Gasteiger partial charge in [-0.25, -0.2) is 12.7 Å². The van der Waals surface area contributed by atoms with Crippen LogP contribution in [0, 0.1) is 6.92 Å². The molecule has 0 spiro atoms. The highest BCUT2D eigenvalue weighted by atomic mass is 35.5. The monoisotopic (exact) mass is 382 g/mol. The topological polar surface area (TPSA) is 75.7 Å². The first-order chi connectivity index (χ1) is 11.7. The number of ether oxygens (including phenoxy) is 1. The SMILES string of the molecule is COc1cc(Cl)c(C)cc1NC(=O)c1ccc(S(=O)(=O)N(C)C)cc1. The highest BCUT2D eigenvalue weighted by Gasteiger charge is 2.18. The summed E-state index contributed by atoms with van der Waals surface area (Å²) in [6.45, 7) is 1.82. The highest BCUT2D eigenvalue weighted by molar-refractivity contribution is 7.89. The van der Waals surface area contributed by atoms with Crippen molar-refractivity contribution in [3.63, 3.8) is 0 Å². The number of nitrogens with zero attached hydrogens (tertiary/aromatic N) is 1. The average Bonchev–Trinajstić information content (AvgIpc) is 2.57. The number of hydrogen-bond donors (Lipinski definition) is 1. The van der Waals surface area contributed by atoms with E-state index in [0.29, 0.717) is 22.0 Å². The van der Waals surface area contributed by atoms with Crippen LogP contribution in [0.2, 0.25) is 5.02 Å². The number of sulfonamides is 1. The maximum Gasteiger partial charge on any atom is 0.255 e. The van der Waals surface area contributed by atoms with Crippen molar-refractivity contribution in [3.05, 3.63) is 52.5 Å². The van der Waals surface area contributed by atoms with E-state index in [1.807, 2.05) is 6.92 Å². The number of amides is 1. The first-order valence-corrected chi connectivity index (χ1v) is 9.16. The molecule has 0 atom stereocenters. The smallest absolute Gasteiger partial charge is 0.255 e. The van der Waals surface area contributed by atoms with Gasteiger partial charge in [-0.2, -0.15) is 0 Å². The Balaban J connectivity index is 2.27. The van der Waals surface area contributed by atoms with Crippen LogP contribution in [0.5, 0.6) is 5.75 Å². The van der Waals surface area contributed by atoms with Gasteiger partial charge in [-0.05, 0) is 42.8 Å². The van der Waals surface area contributed by atoms with Gasteiger partial charge in [-0.3, -0.25) is 4.79 Å². The molecule has 0 heterocycles. The molecule has 0 aliphatic heterocycles. The van der Waals surface area contributed by atoms with Crippen molar-refractivity contribution in [2.45, 2.75) is 11.8 Å². The molecule has 1 amide bonds. The van der Waals surface area contributed by atoms with Crippen molar-refractivity contribution < 1.29 is 17.9 Å². The predicted octanol–water partition coefficient (Wildman–Crippen LogP) is 3.16. The zero-order chi connectivity index (χ0) is 18.8. The number of hydrogen-bond acceptors (Lipinski definition) is 4. The molecule has 1 N–H and O–H groups in total. The Morgan fingerprint density at radius 1 is 1.16 bits per heavy atom. The maximum atomic E-state index is 12.4. The Labute approximate surface area is 152 Å². The molecule has 0 saturated heterocycles. The van der Waals surface area contributed by atoms with Crippen LogP contribution in [0.1, 0.15) is 15.9 Å². The zero-order valence-electron chi connectivity index (χ0n) is 14.3. The third-order valence-electron chi connectivity index (χ3n) is 3.62. The molecule has 2 aromatic rings. The first kappa shape index (κ1) is 19.2. The molecule has 0 radical (unpaired) electrons. The first-order valence-electron chi connectivity index (χ1n) is 7.35. The van der Waals surface area contributed by atoms with Gasteiger partial charge in [0.05, 0.1) is 17.7 Å². The molecule has 25 heavy (non-hydrogen) atoms. The molecule has 134 valence electrons. The largest absolute Gasteiger partial charge is 0.495 e. The lowest BCUT2D eigenvalue weighted by Gasteiger charge is -2.13. The van der Waals surface area contributed by atoms with E-state index in [9.17, 15) is 13.2 Å². The molecule has 0 saturated carbocycles. The number of anilines is 1. The van der Waals surface area contributed by atoms with Gasteiger partial charge >= 0.3 is 0 Å². The fraction of sp³-hybridized carbons (Fsp3) is 0.235. The summed E-state index contributed by atoms with van der Waals surface area (Å²) in [5.41, 5.74) is 1.61. The molecule has 2 rings (SSSR count). The van der Waals surface area contributed by atoms with E-state index in [1.165, 1.54) is 45.5 Å². The number of aryl methyl sites for hydroxylation is 1. The van der Waals surface area contributed by atoms with Crippen LogP contribution in [0.25, 0.3) is 0 Å². The third-order valence-corrected chi connectivity index (χ3v) is 5.86. The van der Waals surface area contributed by atoms with Crippen LogP contribution in [0.3, 0.4) is 0 Å². The van der Waals surface area contributed by atoms with Gasteiger partial charge in [0, 0.05) is 30.7 Å². The molecule has 0 unspecified atom stereocenters. The zero-order valence-corrected chi connectivity index (χ0v) is 15.9. The molecule has 0 bridgehead atoms. The van der Waals surface area contributed by atoms with E-state index < -0.39 is 10.0 Å². The van der Waals surface area contributed by atoms with E-state index >= 15 is 0 Å². The number of halogens is 1.